The summed E-state index contributed by atoms with van der Waals surface area (Å²) in [6.45, 7) is 0. The van der Waals surface area contributed by atoms with Crippen molar-refractivity contribution in [2.75, 3.05) is 14.2 Å². The second kappa shape index (κ2) is 6.40. The van der Waals surface area contributed by atoms with Gasteiger partial charge in [-0.15, -0.1) is 0 Å². The van der Waals surface area contributed by atoms with E-state index in [1.54, 1.807) is 0 Å². The van der Waals surface area contributed by atoms with Crippen molar-refractivity contribution in [2.45, 2.75) is 31.8 Å². The summed E-state index contributed by atoms with van der Waals surface area (Å²) >= 11 is 0. The van der Waals surface area contributed by atoms with Gasteiger partial charge in [0.2, 0.25) is 11.8 Å². The molecule has 1 heterocycles. The first-order valence-electron chi connectivity index (χ1n) is 6.50. The number of ether oxygens (including phenoxy) is 3. The van der Waals surface area contributed by atoms with Crippen molar-refractivity contribution in [2.24, 2.45) is 5.92 Å². The Labute approximate surface area is 116 Å². The minimum atomic E-state index is -0.843. The summed E-state index contributed by atoms with van der Waals surface area (Å²) in [4.78, 5) is 19.3. The summed E-state index contributed by atoms with van der Waals surface area (Å²) in [7, 11) is 2.96. The third-order valence-corrected chi connectivity index (χ3v) is 3.35. The molecule has 2 atom stereocenters. The van der Waals surface area contributed by atoms with Crippen molar-refractivity contribution < 1.29 is 24.1 Å². The number of carbonyl (C=O) groups is 1. The molecule has 1 aliphatic carbocycles. The number of hydrogen-bond acceptors (Lipinski definition) is 6. The van der Waals surface area contributed by atoms with Crippen LogP contribution in [-0.2, 0) is 4.79 Å². The minimum absolute atomic E-state index is 0.0827. The van der Waals surface area contributed by atoms with Crippen LogP contribution in [0.15, 0.2) is 6.07 Å². The molecule has 20 heavy (non-hydrogen) atoms. The highest BCUT2D eigenvalue weighted by molar-refractivity contribution is 5.70. The van der Waals surface area contributed by atoms with Crippen molar-refractivity contribution in [1.29, 1.82) is 0 Å². The molecule has 7 heteroatoms. The summed E-state index contributed by atoms with van der Waals surface area (Å²) in [5.41, 5.74) is 0. The zero-order chi connectivity index (χ0) is 14.5. The Morgan fingerprint density at radius 3 is 2.35 bits per heavy atom. The van der Waals surface area contributed by atoms with E-state index in [0.717, 1.165) is 12.8 Å². The molecule has 0 amide bonds. The van der Waals surface area contributed by atoms with Crippen LogP contribution in [0.5, 0.6) is 17.8 Å². The molecule has 1 aromatic rings. The maximum absolute atomic E-state index is 11.2. The molecule has 1 aromatic heterocycles. The number of hydrogen-bond donors (Lipinski definition) is 1. The number of nitrogens with zero attached hydrogens (tertiary/aromatic N) is 2. The van der Waals surface area contributed by atoms with E-state index in [0.29, 0.717) is 24.6 Å². The third kappa shape index (κ3) is 3.28. The van der Waals surface area contributed by atoms with Gasteiger partial charge in [-0.2, -0.15) is 9.97 Å². The molecule has 1 saturated carbocycles. The number of carboxylic acid groups (broad SMARTS) is 1. The molecular weight excluding hydrogens is 264 g/mol. The molecule has 7 nitrogen and oxygen atoms in total. The molecule has 1 fully saturated rings. The van der Waals surface area contributed by atoms with E-state index in [-0.39, 0.29) is 6.01 Å². The molecular formula is C13H18N2O5. The Balaban J connectivity index is 2.17. The number of aromatic nitrogens is 2. The molecule has 0 unspecified atom stereocenters. The van der Waals surface area contributed by atoms with Crippen LogP contribution >= 0.6 is 0 Å². The first-order chi connectivity index (χ1) is 9.63. The highest BCUT2D eigenvalue weighted by Gasteiger charge is 2.33. The van der Waals surface area contributed by atoms with Gasteiger partial charge in [0.25, 0.3) is 0 Å². The average Bonchev–Trinajstić information content (AvgIpc) is 2.47. The van der Waals surface area contributed by atoms with Crippen LogP contribution in [0.25, 0.3) is 0 Å². The minimum Gasteiger partial charge on any atom is -0.481 e. The van der Waals surface area contributed by atoms with Gasteiger partial charge in [0.05, 0.1) is 26.2 Å². The van der Waals surface area contributed by atoms with Crippen LogP contribution in [0.1, 0.15) is 25.7 Å². The van der Waals surface area contributed by atoms with E-state index in [2.05, 4.69) is 9.97 Å². The number of aliphatic carboxylic acids is 1. The van der Waals surface area contributed by atoms with Crippen molar-refractivity contribution in [3.05, 3.63) is 6.07 Å². The van der Waals surface area contributed by atoms with Crippen molar-refractivity contribution >= 4 is 5.97 Å². The monoisotopic (exact) mass is 282 g/mol. The average molecular weight is 282 g/mol. The van der Waals surface area contributed by atoms with E-state index in [4.69, 9.17) is 14.2 Å². The lowest BCUT2D eigenvalue weighted by atomic mass is 9.86. The van der Waals surface area contributed by atoms with Crippen LogP contribution in [-0.4, -0.2) is 41.4 Å². The quantitative estimate of drug-likeness (QED) is 0.875. The summed E-state index contributed by atoms with van der Waals surface area (Å²) in [6, 6.07) is 1.61. The first-order valence-corrected chi connectivity index (χ1v) is 6.50. The predicted octanol–water partition coefficient (Wildman–Crippen LogP) is 1.52. The standard InChI is InChI=1S/C13H18N2O5/c1-18-10-7-11(19-2)15-13(14-10)20-9-6-4-3-5-8(9)12(16)17/h7-9H,3-6H2,1-2H3,(H,16,17)/t8-,9-/m0/s1. The molecule has 2 rings (SSSR count). The lowest BCUT2D eigenvalue weighted by molar-refractivity contribution is -0.146. The van der Waals surface area contributed by atoms with E-state index >= 15 is 0 Å². The second-order valence-electron chi connectivity index (χ2n) is 4.62. The Hall–Kier alpha value is -2.05. The topological polar surface area (TPSA) is 90.8 Å². The SMILES string of the molecule is COc1cc(OC)nc(O[C@H]2CCCC[C@@H]2C(=O)O)n1. The molecule has 110 valence electrons. The summed E-state index contributed by atoms with van der Waals surface area (Å²) < 4.78 is 15.7. The van der Waals surface area contributed by atoms with E-state index < -0.39 is 18.0 Å². The van der Waals surface area contributed by atoms with E-state index in [1.165, 1.54) is 20.3 Å². The molecule has 0 spiro atoms. The normalized spacial score (nSPS) is 22.1. The predicted molar refractivity (Wildman–Crippen MR) is 69.1 cm³/mol. The second-order valence-corrected chi connectivity index (χ2v) is 4.62. The summed E-state index contributed by atoms with van der Waals surface area (Å²) in [6.07, 6.45) is 2.72. The lowest BCUT2D eigenvalue weighted by Gasteiger charge is -2.28. The van der Waals surface area contributed by atoms with Gasteiger partial charge in [0.15, 0.2) is 0 Å². The van der Waals surface area contributed by atoms with Crippen molar-refractivity contribution in [1.82, 2.24) is 9.97 Å². The number of methoxy groups -OCH3 is 2. The molecule has 0 bridgehead atoms. The van der Waals surface area contributed by atoms with Gasteiger partial charge in [-0.25, -0.2) is 0 Å². The van der Waals surface area contributed by atoms with Gasteiger partial charge in [-0.3, -0.25) is 4.79 Å². The largest absolute Gasteiger partial charge is 0.481 e. The Bertz CT molecular complexity index is 458. The smallest absolute Gasteiger partial charge is 0.323 e. The zero-order valence-electron chi connectivity index (χ0n) is 11.5. The molecule has 1 aliphatic rings. The third-order valence-electron chi connectivity index (χ3n) is 3.35. The fourth-order valence-electron chi connectivity index (χ4n) is 2.30. The van der Waals surface area contributed by atoms with Gasteiger partial charge in [0.1, 0.15) is 6.10 Å². The molecule has 0 radical (unpaired) electrons. The Morgan fingerprint density at radius 2 is 1.80 bits per heavy atom. The first kappa shape index (κ1) is 14.4. The van der Waals surface area contributed by atoms with Crippen molar-refractivity contribution in [3.63, 3.8) is 0 Å². The van der Waals surface area contributed by atoms with Crippen LogP contribution in [0.4, 0.5) is 0 Å². The maximum Gasteiger partial charge on any atom is 0.323 e. The number of rotatable bonds is 5. The van der Waals surface area contributed by atoms with Gasteiger partial charge in [-0.1, -0.05) is 6.42 Å². The van der Waals surface area contributed by atoms with E-state index in [1.807, 2.05) is 0 Å². The number of carboxylic acids is 1. The maximum atomic E-state index is 11.2. The molecule has 0 aromatic carbocycles. The zero-order valence-corrected chi connectivity index (χ0v) is 11.5. The van der Waals surface area contributed by atoms with Gasteiger partial charge >= 0.3 is 12.0 Å². The molecule has 1 N–H and O–H groups in total. The van der Waals surface area contributed by atoms with Crippen LogP contribution in [0.2, 0.25) is 0 Å². The Kier molecular flexibility index (Phi) is 4.60. The van der Waals surface area contributed by atoms with Crippen LogP contribution < -0.4 is 14.2 Å². The van der Waals surface area contributed by atoms with E-state index in [9.17, 15) is 9.90 Å². The molecule has 0 saturated heterocycles. The summed E-state index contributed by atoms with van der Waals surface area (Å²) in [5, 5.41) is 9.22. The van der Waals surface area contributed by atoms with Crippen LogP contribution in [0, 0.1) is 5.92 Å². The Morgan fingerprint density at radius 1 is 1.20 bits per heavy atom. The van der Waals surface area contributed by atoms with Crippen LogP contribution in [0.3, 0.4) is 0 Å². The van der Waals surface area contributed by atoms with Crippen molar-refractivity contribution in [3.8, 4) is 17.8 Å². The van der Waals surface area contributed by atoms with Gasteiger partial charge in [-0.05, 0) is 19.3 Å². The fourth-order valence-corrected chi connectivity index (χ4v) is 2.30. The highest BCUT2D eigenvalue weighted by atomic mass is 16.5. The van der Waals surface area contributed by atoms with Gasteiger partial charge in [0, 0.05) is 0 Å². The summed E-state index contributed by atoms with van der Waals surface area (Å²) in [5.74, 6) is -0.738. The lowest BCUT2D eigenvalue weighted by Crippen LogP contribution is -2.36. The van der Waals surface area contributed by atoms with Gasteiger partial charge < -0.3 is 19.3 Å². The molecule has 0 aliphatic heterocycles. The fraction of sp³-hybridized carbons (Fsp3) is 0.615. The highest BCUT2D eigenvalue weighted by Crippen LogP contribution is 2.29.